The highest BCUT2D eigenvalue weighted by Gasteiger charge is 2.51. The lowest BCUT2D eigenvalue weighted by atomic mass is 10.1. The van der Waals surface area contributed by atoms with Gasteiger partial charge >= 0.3 is 11.9 Å². The number of fused-ring (bicyclic) bond motifs is 2. The number of benzene rings is 2. The van der Waals surface area contributed by atoms with Crippen LogP contribution in [0.25, 0.3) is 0 Å². The summed E-state index contributed by atoms with van der Waals surface area (Å²) in [5.74, 6) is 11.4. The van der Waals surface area contributed by atoms with Crippen molar-refractivity contribution >= 4 is 77.8 Å². The summed E-state index contributed by atoms with van der Waals surface area (Å²) in [7, 11) is -2.59. The van der Waals surface area contributed by atoms with E-state index >= 15 is 0 Å². The molecule has 2 saturated heterocycles. The van der Waals surface area contributed by atoms with Crippen LogP contribution in [-0.2, 0) is 4.43 Å². The monoisotopic (exact) mass is 1070 g/mol. The molecule has 0 amide bonds. The molecule has 0 radical (unpaired) electrons. The summed E-state index contributed by atoms with van der Waals surface area (Å²) < 4.78 is 12.4. The summed E-state index contributed by atoms with van der Waals surface area (Å²) in [6, 6.07) is 25.5. The molecule has 2 aromatic rings. The Morgan fingerprint density at radius 2 is 1.00 bits per heavy atom. The third-order valence-corrected chi connectivity index (χ3v) is 25.1. The molecule has 2 aromatic carbocycles. The largest absolute Gasteiger partial charge is 0.404 e. The Kier molecular flexibility index (Phi) is 18.3. The van der Waals surface area contributed by atoms with Crippen molar-refractivity contribution in [2.45, 2.75) is 126 Å². The van der Waals surface area contributed by atoms with Crippen molar-refractivity contribution < 1.29 is 13.6 Å². The van der Waals surface area contributed by atoms with Gasteiger partial charge in [-0.3, -0.25) is 30.4 Å². The van der Waals surface area contributed by atoms with Crippen molar-refractivity contribution in [3.8, 4) is 0 Å². The molecule has 73 heavy (non-hydrogen) atoms. The highest BCUT2D eigenvalue weighted by Crippen LogP contribution is 2.37. The van der Waals surface area contributed by atoms with Gasteiger partial charge in [0.1, 0.15) is 0 Å². The minimum Gasteiger partial charge on any atom is -0.404 e. The zero-order chi connectivity index (χ0) is 50.0. The molecule has 0 aromatic heterocycles. The van der Waals surface area contributed by atoms with Crippen LogP contribution in [0.2, 0.25) is 5.04 Å². The van der Waals surface area contributed by atoms with Gasteiger partial charge in [-0.1, -0.05) is 81.4 Å². The summed E-state index contributed by atoms with van der Waals surface area (Å²) in [5, 5.41) is 29.4. The first-order chi connectivity index (χ1) is 35.7. The molecule has 0 saturated carbocycles. The van der Waals surface area contributed by atoms with E-state index in [9.17, 15) is 0 Å². The number of rotatable bonds is 21. The molecular formula is C54H88N14OS3Si+2. The number of thioether (sulfide) groups is 3. The second kappa shape index (κ2) is 25.2. The van der Waals surface area contributed by atoms with E-state index in [4.69, 9.17) is 20.1 Å². The fraction of sp³-hybridized carbons (Fsp3) is 0.704. The Labute approximate surface area is 450 Å². The lowest BCUT2D eigenvalue weighted by Crippen LogP contribution is -2.68. The smallest absolute Gasteiger partial charge is 0.346 e. The summed E-state index contributed by atoms with van der Waals surface area (Å²) in [6.07, 6.45) is 9.30. The predicted molar refractivity (Wildman–Crippen MR) is 312 cm³/mol. The molecule has 0 aliphatic carbocycles. The van der Waals surface area contributed by atoms with Crippen molar-refractivity contribution in [2.75, 3.05) is 113 Å². The maximum absolute atomic E-state index is 7.37. The van der Waals surface area contributed by atoms with Gasteiger partial charge in [0.25, 0.3) is 8.32 Å². The lowest BCUT2D eigenvalue weighted by molar-refractivity contribution is -0.542. The number of guanidine groups is 4. The quantitative estimate of drug-likeness (QED) is 0.0523. The first-order valence-electron chi connectivity index (χ1n) is 28.1. The minimum atomic E-state index is -2.59. The maximum Gasteiger partial charge on any atom is 0.346 e. The molecule has 8 aliphatic rings. The Bertz CT molecular complexity index is 2190. The number of nitrogens with one attached hydrogen (secondary N) is 7. The van der Waals surface area contributed by atoms with Gasteiger partial charge in [-0.05, 0) is 41.1 Å². The molecule has 8 atom stereocenters. The van der Waals surface area contributed by atoms with Gasteiger partial charge in [-0.25, -0.2) is 9.98 Å². The van der Waals surface area contributed by atoms with Crippen LogP contribution in [-0.4, -0.2) is 213 Å². The van der Waals surface area contributed by atoms with Gasteiger partial charge in [0.05, 0.1) is 69.0 Å². The average molecular weight is 1070 g/mol. The highest BCUT2D eigenvalue weighted by atomic mass is 32.2. The lowest BCUT2D eigenvalue weighted by Gasteiger charge is -2.44. The first-order valence-corrected chi connectivity index (χ1v) is 33.4. The van der Waals surface area contributed by atoms with Crippen LogP contribution >= 0.6 is 35.3 Å². The molecule has 8 heterocycles. The van der Waals surface area contributed by atoms with Crippen molar-refractivity contribution in [1.29, 1.82) is 0 Å². The molecule has 9 N–H and O–H groups in total. The van der Waals surface area contributed by atoms with Gasteiger partial charge in [0, 0.05) is 118 Å². The molecule has 19 heteroatoms. The molecule has 0 spiro atoms. The van der Waals surface area contributed by atoms with Crippen LogP contribution in [0.1, 0.15) is 72.1 Å². The topological polar surface area (TPSA) is 157 Å². The van der Waals surface area contributed by atoms with Gasteiger partial charge < -0.3 is 35.9 Å². The second-order valence-electron chi connectivity index (χ2n) is 22.8. The van der Waals surface area contributed by atoms with Crippen molar-refractivity contribution in [3.63, 3.8) is 0 Å². The van der Waals surface area contributed by atoms with Crippen molar-refractivity contribution in [1.82, 2.24) is 47.0 Å². The van der Waals surface area contributed by atoms with Crippen LogP contribution in [0.15, 0.2) is 70.6 Å². The standard InChI is InChI=1S/C54H86N14OS3Si/c1-54(2,3)73(48-10-6-4-7-11-48,49-12-8-5-9-13-49)69-33-41-15-25-66-27-17-43(60-51(66)58-41)35-71-37-45-19-29-68-31-21-47(64-53(68)62-45)39-72-38-46-20-30-67-28-18-44(61-52(67)63-46)36-70-34-42-16-26-65-24-14-40(32-56-23-22-55)57-50(65)59-42/h4-13,40-47,56H,14-39,55H2,1-3H3,(H4,57,58,59,60,61,62,63,64)/p+2. The van der Waals surface area contributed by atoms with Crippen LogP contribution < -0.4 is 53.3 Å². The highest BCUT2D eigenvalue weighted by molar-refractivity contribution is 7.99. The van der Waals surface area contributed by atoms with Gasteiger partial charge in [-0.15, -0.1) is 0 Å². The third-order valence-electron chi connectivity index (χ3n) is 16.3. The molecular weight excluding hydrogens is 985 g/mol. The number of hydrogen-bond acceptors (Lipinski definition) is 16. The van der Waals surface area contributed by atoms with E-state index in [0.29, 0.717) is 55.4 Å². The zero-order valence-corrected chi connectivity index (χ0v) is 47.6. The number of nitrogens with two attached hydrogens (primary N) is 1. The summed E-state index contributed by atoms with van der Waals surface area (Å²) in [6.45, 7) is 19.2. The summed E-state index contributed by atoms with van der Waals surface area (Å²) in [4.78, 5) is 15.6. The van der Waals surface area contributed by atoms with E-state index in [1.165, 1.54) is 54.4 Å². The van der Waals surface area contributed by atoms with E-state index in [0.717, 1.165) is 131 Å². The van der Waals surface area contributed by atoms with Crippen LogP contribution in [0, 0.1) is 0 Å². The Morgan fingerprint density at radius 3 is 1.49 bits per heavy atom. The Morgan fingerprint density at radius 1 is 0.575 bits per heavy atom. The third kappa shape index (κ3) is 13.4. The van der Waals surface area contributed by atoms with E-state index < -0.39 is 8.32 Å². The SMILES string of the molecule is CC(C)(C)[Si](OCC1CC[N+]2=C(N1)NC(CSCC1CCN3CCC(CSCC4CCN5CCC(CSCC6CC[N+]7=C(NC(CNCCN)CC7)N6)N=C5N4)NC3=N1)CC2)(c1ccccc1)c1ccccc1. The van der Waals surface area contributed by atoms with E-state index in [1.54, 1.807) is 0 Å². The molecule has 0 bridgehead atoms. The Balaban J connectivity index is 0.628. The fourth-order valence-corrected chi connectivity index (χ4v) is 20.3. The van der Waals surface area contributed by atoms with E-state index in [-0.39, 0.29) is 11.1 Å². The minimum absolute atomic E-state index is 0.0327. The molecule has 400 valence electrons. The van der Waals surface area contributed by atoms with Crippen molar-refractivity contribution in [3.05, 3.63) is 60.7 Å². The molecule has 10 rings (SSSR count). The second-order valence-corrected chi connectivity index (χ2v) is 30.3. The number of hydrogen-bond donors (Lipinski definition) is 8. The van der Waals surface area contributed by atoms with Crippen molar-refractivity contribution in [2.24, 2.45) is 15.7 Å². The van der Waals surface area contributed by atoms with E-state index in [1.807, 2.05) is 0 Å². The molecule has 15 nitrogen and oxygen atoms in total. The van der Waals surface area contributed by atoms with Gasteiger partial charge in [-0.2, -0.15) is 35.3 Å². The van der Waals surface area contributed by atoms with Gasteiger partial charge in [0.15, 0.2) is 11.9 Å². The van der Waals surface area contributed by atoms with E-state index in [2.05, 4.69) is 173 Å². The first kappa shape index (κ1) is 53.1. The normalized spacial score (nSPS) is 28.3. The molecule has 8 aliphatic heterocycles. The Hall–Kier alpha value is -3.33. The average Bonchev–Trinajstić information content (AvgIpc) is 3.41. The number of aliphatic imine (C=N–C) groups is 2. The number of nitrogens with zero attached hydrogens (tertiary/aromatic N) is 6. The van der Waals surface area contributed by atoms with Crippen LogP contribution in [0.5, 0.6) is 0 Å². The summed E-state index contributed by atoms with van der Waals surface area (Å²) in [5.41, 5.74) is 5.69. The fourth-order valence-electron chi connectivity index (χ4n) is 12.1. The zero-order valence-electron chi connectivity index (χ0n) is 44.2. The van der Waals surface area contributed by atoms with Crippen LogP contribution in [0.4, 0.5) is 0 Å². The maximum atomic E-state index is 7.37. The van der Waals surface area contributed by atoms with Gasteiger partial charge in [0.2, 0.25) is 0 Å². The predicted octanol–water partition coefficient (Wildman–Crippen LogP) is 2.08. The van der Waals surface area contributed by atoms with Crippen LogP contribution in [0.3, 0.4) is 0 Å². The summed E-state index contributed by atoms with van der Waals surface area (Å²) >= 11 is 6.26. The molecule has 8 unspecified atom stereocenters. The molecule has 2 fully saturated rings.